The standard InChI is InChI=1S/C80H76N4O/c1-48-49(2)70(51-27-18-16-19-28-51)75(71(50(48)3)52-29-20-17-21-30-52)82-47-83-68-46-56(85-55-36-38-58-57-31-22-23-33-65(57)84(67(58)45-55)69-35-24-25-40-81-69)37-39-61(68)80(62-32-26-34-66(82)74(62)83)72-59(41-53(76(4,5)6)43-63(72)78(10,11)12)60-42-54(77(7,8)9)44-64(73(60)80)79(13,14)15/h16-46H,1-15H3. The van der Waals surface area contributed by atoms with Crippen LogP contribution in [-0.4, -0.2) is 14.1 Å². The molecule has 0 radical (unpaired) electrons. The maximum atomic E-state index is 7.30. The molecule has 0 N–H and O–H groups in total. The van der Waals surface area contributed by atoms with Gasteiger partial charge in [0, 0.05) is 23.0 Å². The number of hydrogen-bond donors (Lipinski definition) is 0. The fourth-order valence-electron chi connectivity index (χ4n) is 14.4. The lowest BCUT2D eigenvalue weighted by Gasteiger charge is -2.44. The second kappa shape index (κ2) is 18.9. The summed E-state index contributed by atoms with van der Waals surface area (Å²) in [7, 11) is 0. The van der Waals surface area contributed by atoms with Crippen molar-refractivity contribution in [2.75, 3.05) is 0 Å². The Morgan fingerprint density at radius 2 is 1.01 bits per heavy atom. The minimum Gasteiger partial charge on any atom is -0.458 e. The van der Waals surface area contributed by atoms with Gasteiger partial charge in [0.2, 0.25) is 0 Å². The van der Waals surface area contributed by atoms with Gasteiger partial charge in [-0.15, -0.1) is 0 Å². The molecule has 0 bridgehead atoms. The highest BCUT2D eigenvalue weighted by atomic mass is 16.5. The van der Waals surface area contributed by atoms with E-state index in [1.807, 2.05) is 12.3 Å². The number of imidazole rings is 1. The molecule has 2 aliphatic rings. The third-order valence-corrected chi connectivity index (χ3v) is 18.8. The molecule has 0 amide bonds. The zero-order valence-corrected chi connectivity index (χ0v) is 52.1. The molecule has 0 saturated carbocycles. The molecule has 0 atom stereocenters. The first-order chi connectivity index (χ1) is 40.5. The highest BCUT2D eigenvalue weighted by molar-refractivity contribution is 6.09. The number of ether oxygens (including phenoxy) is 1. The van der Waals surface area contributed by atoms with Crippen LogP contribution in [-0.2, 0) is 27.1 Å². The van der Waals surface area contributed by atoms with Crippen LogP contribution >= 0.6 is 0 Å². The summed E-state index contributed by atoms with van der Waals surface area (Å²) in [6, 6.07) is 67.5. The van der Waals surface area contributed by atoms with Crippen LogP contribution in [0.5, 0.6) is 11.5 Å². The third-order valence-electron chi connectivity index (χ3n) is 18.8. The monoisotopic (exact) mass is 1110 g/mol. The van der Waals surface area contributed by atoms with Crippen LogP contribution in [0.2, 0.25) is 0 Å². The summed E-state index contributed by atoms with van der Waals surface area (Å²) in [5.74, 6) is 2.34. The third kappa shape index (κ3) is 8.16. The maximum absolute atomic E-state index is 7.30. The number of rotatable bonds is 6. The van der Waals surface area contributed by atoms with Gasteiger partial charge in [0.05, 0.1) is 38.9 Å². The van der Waals surface area contributed by atoms with Gasteiger partial charge in [0.25, 0.3) is 6.33 Å². The quantitative estimate of drug-likeness (QED) is 0.123. The van der Waals surface area contributed by atoms with Gasteiger partial charge in [-0.05, 0) is 179 Å². The SMILES string of the molecule is Cc1c(C)c(-c2ccccc2)c(-[n+]2[c-]n3c4c(cccc42)C2(c4ccc(Oc5ccc6c7ccccc7n(-c7ccccn7)c6c5)cc4-3)c3c(cc(C(C)(C)C)cc3C(C)(C)C)-c3cc(C(C)(C)C)cc(C(C)(C)C)c32)c(-c2ccccc2)c1C. The average molecular weight is 1110 g/mol. The van der Waals surface area contributed by atoms with Crippen molar-refractivity contribution < 1.29 is 9.30 Å². The molecular formula is C80H76N4O. The molecule has 14 rings (SSSR count). The molecule has 4 heterocycles. The molecule has 1 aliphatic heterocycles. The number of pyridine rings is 1. The smallest absolute Gasteiger partial charge is 0.269 e. The summed E-state index contributed by atoms with van der Waals surface area (Å²) in [5, 5.41) is 2.31. The molecular weight excluding hydrogens is 1030 g/mol. The van der Waals surface area contributed by atoms with Crippen molar-refractivity contribution in [1.82, 2.24) is 14.1 Å². The Morgan fingerprint density at radius 3 is 1.58 bits per heavy atom. The fourth-order valence-corrected chi connectivity index (χ4v) is 14.4. The molecule has 0 fully saturated rings. The van der Waals surface area contributed by atoms with Crippen molar-refractivity contribution in [2.24, 2.45) is 0 Å². The summed E-state index contributed by atoms with van der Waals surface area (Å²) >= 11 is 0. The predicted octanol–water partition coefficient (Wildman–Crippen LogP) is 20.1. The van der Waals surface area contributed by atoms with Gasteiger partial charge in [0.15, 0.2) is 0 Å². The van der Waals surface area contributed by atoms with E-state index in [9.17, 15) is 0 Å². The van der Waals surface area contributed by atoms with Gasteiger partial charge in [-0.25, -0.2) is 4.98 Å². The summed E-state index contributed by atoms with van der Waals surface area (Å²) in [4.78, 5) is 4.86. The second-order valence-corrected chi connectivity index (χ2v) is 28.3. The first-order valence-corrected chi connectivity index (χ1v) is 30.4. The number of para-hydroxylation sites is 2. The molecule has 85 heavy (non-hydrogen) atoms. The zero-order chi connectivity index (χ0) is 59.4. The first kappa shape index (κ1) is 54.2. The number of benzene rings is 9. The molecule has 1 aliphatic carbocycles. The Bertz CT molecular complexity index is 4570. The maximum Gasteiger partial charge on any atom is 0.269 e. The van der Waals surface area contributed by atoms with Crippen LogP contribution in [0.1, 0.15) is 144 Å². The van der Waals surface area contributed by atoms with Gasteiger partial charge in [0.1, 0.15) is 17.3 Å². The Balaban J connectivity index is 1.14. The molecule has 9 aromatic carbocycles. The van der Waals surface area contributed by atoms with E-state index in [2.05, 4.69) is 300 Å². The van der Waals surface area contributed by atoms with E-state index in [4.69, 9.17) is 9.72 Å². The van der Waals surface area contributed by atoms with Gasteiger partial charge in [-0.1, -0.05) is 217 Å². The van der Waals surface area contributed by atoms with Crippen molar-refractivity contribution >= 4 is 32.8 Å². The minimum atomic E-state index is -0.789. The number of fused-ring (bicyclic) bond motifs is 12. The van der Waals surface area contributed by atoms with E-state index in [0.717, 1.165) is 56.1 Å². The zero-order valence-electron chi connectivity index (χ0n) is 52.1. The van der Waals surface area contributed by atoms with Crippen LogP contribution in [0.3, 0.4) is 0 Å². The molecule has 12 aromatic rings. The molecule has 3 aromatic heterocycles. The summed E-state index contributed by atoms with van der Waals surface area (Å²) < 4.78 is 14.4. The largest absolute Gasteiger partial charge is 0.458 e. The Labute approximate surface area is 502 Å². The van der Waals surface area contributed by atoms with Crippen molar-refractivity contribution in [3.63, 3.8) is 0 Å². The van der Waals surface area contributed by atoms with Crippen LogP contribution < -0.4 is 9.30 Å². The Hall–Kier alpha value is -8.80. The lowest BCUT2D eigenvalue weighted by atomic mass is 9.60. The highest BCUT2D eigenvalue weighted by Crippen LogP contribution is 2.65. The van der Waals surface area contributed by atoms with E-state index in [-0.39, 0.29) is 21.7 Å². The summed E-state index contributed by atoms with van der Waals surface area (Å²) in [6.45, 7) is 35.7. The van der Waals surface area contributed by atoms with E-state index in [1.165, 1.54) is 100.0 Å². The predicted molar refractivity (Wildman–Crippen MR) is 353 cm³/mol. The summed E-state index contributed by atoms with van der Waals surface area (Å²) in [6.07, 6.45) is 6.09. The molecule has 0 unspecified atom stereocenters. The highest BCUT2D eigenvalue weighted by Gasteiger charge is 2.55. The first-order valence-electron chi connectivity index (χ1n) is 30.4. The number of hydrogen-bond acceptors (Lipinski definition) is 2. The van der Waals surface area contributed by atoms with Crippen molar-refractivity contribution in [1.29, 1.82) is 0 Å². The average Bonchev–Trinajstić information content (AvgIpc) is 1.54. The number of aromatic nitrogens is 4. The van der Waals surface area contributed by atoms with E-state index >= 15 is 0 Å². The molecule has 422 valence electrons. The second-order valence-electron chi connectivity index (χ2n) is 28.3. The Kier molecular flexibility index (Phi) is 12.0. The van der Waals surface area contributed by atoms with Gasteiger partial charge in [-0.3, -0.25) is 13.7 Å². The van der Waals surface area contributed by atoms with Crippen LogP contribution in [0.4, 0.5) is 0 Å². The molecule has 5 heteroatoms. The van der Waals surface area contributed by atoms with Crippen molar-refractivity contribution in [3.8, 4) is 62.1 Å². The van der Waals surface area contributed by atoms with Crippen LogP contribution in [0, 0.1) is 27.1 Å². The fraction of sp³-hybridized carbons (Fsp3) is 0.250. The van der Waals surface area contributed by atoms with E-state index in [0.29, 0.717) is 0 Å². The van der Waals surface area contributed by atoms with Crippen LogP contribution in [0.15, 0.2) is 188 Å². The van der Waals surface area contributed by atoms with Crippen molar-refractivity contribution in [3.05, 3.63) is 256 Å². The normalized spacial score (nSPS) is 13.7. The summed E-state index contributed by atoms with van der Waals surface area (Å²) in [5.41, 5.74) is 26.7. The molecule has 5 nitrogen and oxygen atoms in total. The lowest BCUT2D eigenvalue weighted by Crippen LogP contribution is -2.38. The van der Waals surface area contributed by atoms with E-state index in [1.54, 1.807) is 0 Å². The van der Waals surface area contributed by atoms with Gasteiger partial charge in [-0.2, -0.15) is 0 Å². The van der Waals surface area contributed by atoms with Gasteiger partial charge >= 0.3 is 0 Å². The molecule has 0 saturated heterocycles. The number of nitrogens with zero attached hydrogens (tertiary/aromatic N) is 4. The van der Waals surface area contributed by atoms with Crippen molar-refractivity contribution in [2.45, 2.75) is 131 Å². The minimum absolute atomic E-state index is 0.114. The Morgan fingerprint density at radius 1 is 0.471 bits per heavy atom. The van der Waals surface area contributed by atoms with Crippen LogP contribution in [0.25, 0.3) is 83.4 Å². The molecule has 1 spiro atoms. The van der Waals surface area contributed by atoms with E-state index < -0.39 is 5.41 Å². The van der Waals surface area contributed by atoms with Gasteiger partial charge < -0.3 is 4.74 Å². The topological polar surface area (TPSA) is 35.9 Å². The lowest BCUT2D eigenvalue weighted by molar-refractivity contribution is -0.571.